The number of carbonyl (C=O) groups is 2. The summed E-state index contributed by atoms with van der Waals surface area (Å²) in [5.41, 5.74) is 0.402. The minimum Gasteiger partial charge on any atom is -0.459 e. The molecule has 8 heteroatoms. The molecule has 0 aliphatic carbocycles. The van der Waals surface area contributed by atoms with Gasteiger partial charge in [0.2, 0.25) is 0 Å². The van der Waals surface area contributed by atoms with Crippen molar-refractivity contribution in [3.8, 4) is 0 Å². The van der Waals surface area contributed by atoms with Crippen molar-refractivity contribution in [2.75, 3.05) is 6.54 Å². The summed E-state index contributed by atoms with van der Waals surface area (Å²) < 4.78 is 9.79. The number of nitro groups is 1. The van der Waals surface area contributed by atoms with Crippen molar-refractivity contribution >= 4 is 17.6 Å². The van der Waals surface area contributed by atoms with Gasteiger partial charge in [-0.1, -0.05) is 12.1 Å². The van der Waals surface area contributed by atoms with E-state index in [1.165, 1.54) is 30.5 Å². The summed E-state index contributed by atoms with van der Waals surface area (Å²) in [7, 11) is 0. The molecule has 0 aliphatic rings. The fraction of sp³-hybridized carbons (Fsp3) is 0.143. The number of benzene rings is 1. The van der Waals surface area contributed by atoms with E-state index in [9.17, 15) is 19.7 Å². The van der Waals surface area contributed by atoms with E-state index in [-0.39, 0.29) is 24.6 Å². The zero-order valence-corrected chi connectivity index (χ0v) is 11.4. The van der Waals surface area contributed by atoms with Gasteiger partial charge in [0.1, 0.15) is 13.2 Å². The summed E-state index contributed by atoms with van der Waals surface area (Å²) in [5, 5.41) is 13.0. The number of nitro benzene ring substituents is 1. The van der Waals surface area contributed by atoms with Gasteiger partial charge >= 0.3 is 5.97 Å². The molecule has 0 spiro atoms. The maximum absolute atomic E-state index is 11.5. The van der Waals surface area contributed by atoms with Gasteiger partial charge in [-0.3, -0.25) is 19.7 Å². The SMILES string of the molecule is O=C(CNC(=O)c1ccco1)OCc1cccc([N+](=O)[O-])c1. The number of non-ortho nitro benzene ring substituents is 1. The van der Waals surface area contributed by atoms with Crippen LogP contribution in [0.3, 0.4) is 0 Å². The Bertz CT molecular complexity index is 680. The van der Waals surface area contributed by atoms with Crippen LogP contribution < -0.4 is 5.32 Å². The van der Waals surface area contributed by atoms with Crippen molar-refractivity contribution < 1.29 is 23.7 Å². The Kier molecular flexibility index (Phi) is 4.86. The van der Waals surface area contributed by atoms with Gasteiger partial charge in [-0.25, -0.2) is 0 Å². The molecule has 8 nitrogen and oxygen atoms in total. The number of nitrogens with one attached hydrogen (secondary N) is 1. The first-order valence-corrected chi connectivity index (χ1v) is 6.27. The summed E-state index contributed by atoms with van der Waals surface area (Å²) in [6.45, 7) is -0.439. The molecule has 0 saturated carbocycles. The zero-order valence-electron chi connectivity index (χ0n) is 11.4. The number of ether oxygens (including phenoxy) is 1. The summed E-state index contributed by atoms with van der Waals surface area (Å²) in [6.07, 6.45) is 1.34. The van der Waals surface area contributed by atoms with Gasteiger partial charge in [0, 0.05) is 12.1 Å². The highest BCUT2D eigenvalue weighted by atomic mass is 16.6. The monoisotopic (exact) mass is 304 g/mol. The summed E-state index contributed by atoms with van der Waals surface area (Å²) in [5.74, 6) is -1.10. The number of hydrogen-bond donors (Lipinski definition) is 1. The molecule has 1 aromatic carbocycles. The van der Waals surface area contributed by atoms with E-state index in [1.807, 2.05) is 0 Å². The number of hydrogen-bond acceptors (Lipinski definition) is 6. The first kappa shape index (κ1) is 15.2. The van der Waals surface area contributed by atoms with E-state index >= 15 is 0 Å². The number of rotatable bonds is 6. The van der Waals surface area contributed by atoms with Gasteiger partial charge in [0.05, 0.1) is 11.2 Å². The topological polar surface area (TPSA) is 112 Å². The Morgan fingerprint density at radius 1 is 1.27 bits per heavy atom. The summed E-state index contributed by atoms with van der Waals surface area (Å²) in [6, 6.07) is 8.77. The molecule has 0 aliphatic heterocycles. The average molecular weight is 304 g/mol. The van der Waals surface area contributed by atoms with Crippen LogP contribution in [0.15, 0.2) is 47.1 Å². The molecule has 22 heavy (non-hydrogen) atoms. The number of amides is 1. The van der Waals surface area contributed by atoms with Crippen LogP contribution in [0.2, 0.25) is 0 Å². The minimum absolute atomic E-state index is 0.0836. The second-order valence-electron chi connectivity index (χ2n) is 4.25. The predicted octanol–water partition coefficient (Wildman–Crippen LogP) is 1.66. The Morgan fingerprint density at radius 3 is 2.77 bits per heavy atom. The predicted molar refractivity (Wildman–Crippen MR) is 73.9 cm³/mol. The van der Waals surface area contributed by atoms with E-state index in [1.54, 1.807) is 12.1 Å². The van der Waals surface area contributed by atoms with Crippen LogP contribution in [0, 0.1) is 10.1 Å². The largest absolute Gasteiger partial charge is 0.459 e. The molecule has 0 atom stereocenters. The fourth-order valence-electron chi connectivity index (χ4n) is 1.62. The normalized spacial score (nSPS) is 10.0. The third kappa shape index (κ3) is 4.17. The quantitative estimate of drug-likeness (QED) is 0.493. The highest BCUT2D eigenvalue weighted by Crippen LogP contribution is 2.13. The van der Waals surface area contributed by atoms with E-state index in [0.29, 0.717) is 5.56 Å². The molecule has 114 valence electrons. The van der Waals surface area contributed by atoms with E-state index in [0.717, 1.165) is 0 Å². The van der Waals surface area contributed by atoms with Gasteiger partial charge in [-0.05, 0) is 17.7 Å². The molecule has 1 aromatic heterocycles. The van der Waals surface area contributed by atoms with Crippen molar-refractivity contribution in [3.63, 3.8) is 0 Å². The van der Waals surface area contributed by atoms with E-state index < -0.39 is 16.8 Å². The summed E-state index contributed by atoms with van der Waals surface area (Å²) >= 11 is 0. The summed E-state index contributed by atoms with van der Waals surface area (Å²) in [4.78, 5) is 33.1. The second kappa shape index (κ2) is 7.02. The van der Waals surface area contributed by atoms with Crippen molar-refractivity contribution in [1.82, 2.24) is 5.32 Å². The van der Waals surface area contributed by atoms with Crippen molar-refractivity contribution in [1.29, 1.82) is 0 Å². The smallest absolute Gasteiger partial charge is 0.325 e. The Balaban J connectivity index is 1.79. The Morgan fingerprint density at radius 2 is 2.09 bits per heavy atom. The van der Waals surface area contributed by atoms with Crippen molar-refractivity contribution in [2.24, 2.45) is 0 Å². The maximum atomic E-state index is 11.5. The zero-order chi connectivity index (χ0) is 15.9. The number of furan rings is 1. The molecule has 2 rings (SSSR count). The molecule has 0 unspecified atom stereocenters. The van der Waals surface area contributed by atoms with Crippen LogP contribution in [0.25, 0.3) is 0 Å². The number of nitrogens with zero attached hydrogens (tertiary/aromatic N) is 1. The first-order valence-electron chi connectivity index (χ1n) is 6.27. The number of carbonyl (C=O) groups excluding carboxylic acids is 2. The number of esters is 1. The van der Waals surface area contributed by atoms with Gasteiger partial charge < -0.3 is 14.5 Å². The highest BCUT2D eigenvalue weighted by Gasteiger charge is 2.11. The lowest BCUT2D eigenvalue weighted by Gasteiger charge is -2.05. The second-order valence-corrected chi connectivity index (χ2v) is 4.25. The first-order chi connectivity index (χ1) is 10.6. The van der Waals surface area contributed by atoms with Crippen molar-refractivity contribution in [3.05, 3.63) is 64.1 Å². The van der Waals surface area contributed by atoms with Crippen molar-refractivity contribution in [2.45, 2.75) is 6.61 Å². The lowest BCUT2D eigenvalue weighted by molar-refractivity contribution is -0.384. The molecule has 1 heterocycles. The average Bonchev–Trinajstić information content (AvgIpc) is 3.05. The van der Waals surface area contributed by atoms with Gasteiger partial charge in [-0.2, -0.15) is 0 Å². The van der Waals surface area contributed by atoms with Gasteiger partial charge in [0.15, 0.2) is 5.76 Å². The van der Waals surface area contributed by atoms with E-state index in [4.69, 9.17) is 9.15 Å². The van der Waals surface area contributed by atoms with Crippen LogP contribution in [-0.4, -0.2) is 23.3 Å². The Hall–Kier alpha value is -3.16. The maximum Gasteiger partial charge on any atom is 0.325 e. The lowest BCUT2D eigenvalue weighted by atomic mass is 10.2. The standard InChI is InChI=1S/C14H12N2O6/c17-13(8-15-14(18)12-5-2-6-21-12)22-9-10-3-1-4-11(7-10)16(19)20/h1-7H,8-9H2,(H,15,18). The molecule has 1 N–H and O–H groups in total. The highest BCUT2D eigenvalue weighted by molar-refractivity contribution is 5.93. The van der Waals surface area contributed by atoms with Gasteiger partial charge in [-0.15, -0.1) is 0 Å². The van der Waals surface area contributed by atoms with Gasteiger partial charge in [0.25, 0.3) is 11.6 Å². The van der Waals surface area contributed by atoms with Crippen LogP contribution in [0.5, 0.6) is 0 Å². The third-order valence-electron chi connectivity index (χ3n) is 2.66. The molecule has 0 bridgehead atoms. The van der Waals surface area contributed by atoms with Crippen LogP contribution in [0.1, 0.15) is 16.1 Å². The van der Waals surface area contributed by atoms with Crippen LogP contribution in [-0.2, 0) is 16.1 Å². The molecule has 2 aromatic rings. The van der Waals surface area contributed by atoms with E-state index in [2.05, 4.69) is 5.32 Å². The molecular formula is C14H12N2O6. The molecule has 0 radical (unpaired) electrons. The Labute approximate surface area is 124 Å². The molecule has 0 fully saturated rings. The fourth-order valence-corrected chi connectivity index (χ4v) is 1.62. The van der Waals surface area contributed by atoms with Crippen LogP contribution in [0.4, 0.5) is 5.69 Å². The third-order valence-corrected chi connectivity index (χ3v) is 2.66. The van der Waals surface area contributed by atoms with Crippen LogP contribution >= 0.6 is 0 Å². The lowest BCUT2D eigenvalue weighted by Crippen LogP contribution is -2.30. The molecule has 0 saturated heterocycles. The molecular weight excluding hydrogens is 292 g/mol. The molecule has 1 amide bonds. The minimum atomic E-state index is -0.661.